The first-order valence-electron chi connectivity index (χ1n) is 8.47. The van der Waals surface area contributed by atoms with Crippen LogP contribution in [-0.2, 0) is 28.7 Å². The van der Waals surface area contributed by atoms with Crippen molar-refractivity contribution >= 4 is 5.97 Å². The number of hydrogen-bond acceptors (Lipinski definition) is 3. The highest BCUT2D eigenvalue weighted by Gasteiger charge is 2.29. The second-order valence-corrected chi connectivity index (χ2v) is 5.97. The Balaban J connectivity index is 2.00. The number of rotatable bonds is 8. The molecular weight excluding hydrogens is 343 g/mol. The van der Waals surface area contributed by atoms with Crippen molar-refractivity contribution in [3.8, 4) is 0 Å². The zero-order valence-corrected chi connectivity index (χ0v) is 14.6. The Morgan fingerprint density at radius 2 is 1.69 bits per heavy atom. The summed E-state index contributed by atoms with van der Waals surface area (Å²) in [4.78, 5) is 11.8. The first kappa shape index (κ1) is 20.0. The van der Waals surface area contributed by atoms with Crippen LogP contribution in [0.1, 0.15) is 30.0 Å². The van der Waals surface area contributed by atoms with Crippen LogP contribution < -0.4 is 5.32 Å². The smallest absolute Gasteiger partial charge is 0.416 e. The molecule has 1 N–H and O–H groups in total. The van der Waals surface area contributed by atoms with Gasteiger partial charge in [0.25, 0.3) is 0 Å². The van der Waals surface area contributed by atoms with E-state index in [-0.39, 0.29) is 18.4 Å². The molecule has 0 aromatic heterocycles. The number of carbonyl (C=O) groups is 1. The summed E-state index contributed by atoms with van der Waals surface area (Å²) in [7, 11) is 0. The van der Waals surface area contributed by atoms with Crippen molar-refractivity contribution in [2.24, 2.45) is 0 Å². The van der Waals surface area contributed by atoms with Crippen LogP contribution in [0.25, 0.3) is 0 Å². The lowest BCUT2D eigenvalue weighted by Gasteiger charge is -2.18. The maximum absolute atomic E-state index is 12.6. The van der Waals surface area contributed by atoms with E-state index in [0.717, 1.165) is 23.3 Å². The van der Waals surface area contributed by atoms with Gasteiger partial charge in [-0.05, 0) is 36.6 Å². The molecule has 0 spiro atoms. The van der Waals surface area contributed by atoms with Gasteiger partial charge in [0.15, 0.2) is 0 Å². The number of nitrogens with one attached hydrogen (secondary N) is 1. The van der Waals surface area contributed by atoms with Crippen molar-refractivity contribution in [1.82, 2.24) is 5.32 Å². The van der Waals surface area contributed by atoms with E-state index in [1.165, 1.54) is 12.1 Å². The fraction of sp³-hybridized carbons (Fsp3) is 0.350. The number of alkyl halides is 3. The molecule has 0 fully saturated rings. The Labute approximate surface area is 151 Å². The minimum absolute atomic E-state index is 0.168. The molecule has 3 nitrogen and oxygen atoms in total. The number of ether oxygens (including phenoxy) is 1. The molecule has 140 valence electrons. The molecule has 0 aliphatic rings. The molecule has 0 aliphatic carbocycles. The molecule has 26 heavy (non-hydrogen) atoms. The zero-order valence-electron chi connectivity index (χ0n) is 14.6. The van der Waals surface area contributed by atoms with Crippen molar-refractivity contribution in [2.45, 2.75) is 38.5 Å². The number of benzene rings is 2. The number of carbonyl (C=O) groups excluding carboxylic acids is 1. The third-order valence-corrected chi connectivity index (χ3v) is 3.92. The Kier molecular flexibility index (Phi) is 7.21. The van der Waals surface area contributed by atoms with Gasteiger partial charge in [0, 0.05) is 12.6 Å². The lowest BCUT2D eigenvalue weighted by atomic mass is 10.0. The van der Waals surface area contributed by atoms with Crippen LogP contribution >= 0.6 is 0 Å². The number of esters is 1. The molecule has 0 saturated heterocycles. The van der Waals surface area contributed by atoms with E-state index in [1.807, 2.05) is 30.3 Å². The van der Waals surface area contributed by atoms with E-state index in [2.05, 4.69) is 5.32 Å². The molecule has 0 saturated carbocycles. The predicted octanol–water partition coefficient (Wildman–Crippen LogP) is 4.36. The van der Waals surface area contributed by atoms with Gasteiger partial charge in [-0.2, -0.15) is 13.2 Å². The van der Waals surface area contributed by atoms with Gasteiger partial charge in [-0.15, -0.1) is 0 Å². The molecule has 1 unspecified atom stereocenters. The molecule has 6 heteroatoms. The highest BCUT2D eigenvalue weighted by molar-refractivity contribution is 5.70. The van der Waals surface area contributed by atoms with Gasteiger partial charge in [-0.1, -0.05) is 42.5 Å². The Morgan fingerprint density at radius 1 is 1.04 bits per heavy atom. The highest BCUT2D eigenvalue weighted by Crippen LogP contribution is 2.29. The average Bonchev–Trinajstić information content (AvgIpc) is 2.60. The summed E-state index contributed by atoms with van der Waals surface area (Å²) in [5, 5.41) is 3.25. The second-order valence-electron chi connectivity index (χ2n) is 5.97. The van der Waals surface area contributed by atoms with Crippen LogP contribution in [0.4, 0.5) is 13.2 Å². The summed E-state index contributed by atoms with van der Waals surface area (Å²) in [5.41, 5.74) is 1.12. The van der Waals surface area contributed by atoms with E-state index in [9.17, 15) is 18.0 Å². The number of hydrogen-bond donors (Lipinski definition) is 1. The summed E-state index contributed by atoms with van der Waals surface area (Å²) < 4.78 is 42.9. The summed E-state index contributed by atoms with van der Waals surface area (Å²) in [6.07, 6.45) is -3.52. The van der Waals surface area contributed by atoms with Gasteiger partial charge in [-0.3, -0.25) is 4.79 Å². The Hall–Kier alpha value is -2.34. The topological polar surface area (TPSA) is 38.3 Å². The highest BCUT2D eigenvalue weighted by atomic mass is 19.4. The fourth-order valence-electron chi connectivity index (χ4n) is 2.61. The first-order chi connectivity index (χ1) is 12.4. The first-order valence-corrected chi connectivity index (χ1v) is 8.47. The Bertz CT molecular complexity index is 684. The summed E-state index contributed by atoms with van der Waals surface area (Å²) >= 11 is 0. The largest absolute Gasteiger partial charge is 0.466 e. The van der Waals surface area contributed by atoms with Crippen molar-refractivity contribution in [3.05, 3.63) is 71.3 Å². The van der Waals surface area contributed by atoms with Crippen molar-refractivity contribution in [1.29, 1.82) is 0 Å². The predicted molar refractivity (Wildman–Crippen MR) is 93.5 cm³/mol. The standard InChI is InChI=1S/C20H22F3NO2/c1-2-26-19(25)13-18(12-15-6-4-3-5-7-15)24-14-16-8-10-17(11-9-16)20(21,22)23/h3-11,18,24H,2,12-14H2,1H3. The summed E-state index contributed by atoms with van der Waals surface area (Å²) in [5.74, 6) is -0.298. The van der Waals surface area contributed by atoms with Gasteiger partial charge in [0.1, 0.15) is 0 Å². The van der Waals surface area contributed by atoms with E-state index in [4.69, 9.17) is 4.74 Å². The van der Waals surface area contributed by atoms with Crippen molar-refractivity contribution < 1.29 is 22.7 Å². The van der Waals surface area contributed by atoms with Gasteiger partial charge < -0.3 is 10.1 Å². The molecular formula is C20H22F3NO2. The van der Waals surface area contributed by atoms with Gasteiger partial charge in [0.05, 0.1) is 18.6 Å². The van der Waals surface area contributed by atoms with Crippen molar-refractivity contribution in [3.63, 3.8) is 0 Å². The van der Waals surface area contributed by atoms with Gasteiger partial charge in [0.2, 0.25) is 0 Å². The van der Waals surface area contributed by atoms with Gasteiger partial charge >= 0.3 is 12.1 Å². The molecule has 2 rings (SSSR count). The Morgan fingerprint density at radius 3 is 2.27 bits per heavy atom. The lowest BCUT2D eigenvalue weighted by molar-refractivity contribution is -0.143. The fourth-order valence-corrected chi connectivity index (χ4v) is 2.61. The zero-order chi connectivity index (χ0) is 19.0. The number of halogens is 3. The van der Waals surface area contributed by atoms with Gasteiger partial charge in [-0.25, -0.2) is 0 Å². The van der Waals surface area contributed by atoms with Crippen LogP contribution in [-0.4, -0.2) is 18.6 Å². The van der Waals surface area contributed by atoms with Crippen LogP contribution in [0.2, 0.25) is 0 Å². The SMILES string of the molecule is CCOC(=O)CC(Cc1ccccc1)NCc1ccc(C(F)(F)F)cc1. The van der Waals surface area contributed by atoms with Crippen LogP contribution in [0.3, 0.4) is 0 Å². The minimum Gasteiger partial charge on any atom is -0.466 e. The van der Waals surface area contributed by atoms with E-state index in [1.54, 1.807) is 6.92 Å². The van der Waals surface area contributed by atoms with E-state index in [0.29, 0.717) is 19.6 Å². The molecule has 0 bridgehead atoms. The van der Waals surface area contributed by atoms with Crippen LogP contribution in [0, 0.1) is 0 Å². The quantitative estimate of drug-likeness (QED) is 0.707. The molecule has 1 atom stereocenters. The van der Waals surface area contributed by atoms with Crippen molar-refractivity contribution in [2.75, 3.05) is 6.61 Å². The van der Waals surface area contributed by atoms with E-state index >= 15 is 0 Å². The summed E-state index contributed by atoms with van der Waals surface area (Å²) in [6, 6.07) is 14.6. The monoisotopic (exact) mass is 365 g/mol. The summed E-state index contributed by atoms with van der Waals surface area (Å²) in [6.45, 7) is 2.44. The second kappa shape index (κ2) is 9.38. The normalized spacial score (nSPS) is 12.6. The molecule has 0 heterocycles. The van der Waals surface area contributed by atoms with Crippen LogP contribution in [0.5, 0.6) is 0 Å². The third kappa shape index (κ3) is 6.52. The maximum atomic E-state index is 12.6. The molecule has 0 radical (unpaired) electrons. The molecule has 2 aromatic rings. The maximum Gasteiger partial charge on any atom is 0.416 e. The molecule has 0 amide bonds. The van der Waals surface area contributed by atoms with E-state index < -0.39 is 11.7 Å². The lowest BCUT2D eigenvalue weighted by Crippen LogP contribution is -2.33. The molecule has 2 aromatic carbocycles. The van der Waals surface area contributed by atoms with Crippen LogP contribution in [0.15, 0.2) is 54.6 Å². The average molecular weight is 365 g/mol. The minimum atomic E-state index is -4.34. The third-order valence-electron chi connectivity index (χ3n) is 3.92. The molecule has 0 aliphatic heterocycles.